The summed E-state index contributed by atoms with van der Waals surface area (Å²) in [6, 6.07) is 11.7. The normalized spacial score (nSPS) is 11.4. The fraction of sp³-hybridized carbons (Fsp3) is 0.200. The molecule has 3 aromatic rings. The molecule has 0 spiro atoms. The smallest absolute Gasteiger partial charge is 0.343 e. The first-order valence-corrected chi connectivity index (χ1v) is 10.0. The zero-order valence-electron chi connectivity index (χ0n) is 16.1. The van der Waals surface area contributed by atoms with E-state index in [4.69, 9.17) is 9.15 Å². The maximum Gasteiger partial charge on any atom is 0.343 e. The van der Waals surface area contributed by atoms with Gasteiger partial charge >= 0.3 is 5.97 Å². The van der Waals surface area contributed by atoms with Crippen LogP contribution in [0.2, 0.25) is 0 Å². The molecule has 150 valence electrons. The predicted octanol–water partition coefficient (Wildman–Crippen LogP) is 2.86. The van der Waals surface area contributed by atoms with Crippen LogP contribution in [0.25, 0.3) is 5.88 Å². The fourth-order valence-electron chi connectivity index (χ4n) is 2.76. The van der Waals surface area contributed by atoms with Crippen molar-refractivity contribution in [2.75, 3.05) is 14.1 Å². The highest BCUT2D eigenvalue weighted by Crippen LogP contribution is 2.26. The second-order valence-electron chi connectivity index (χ2n) is 6.43. The molecule has 29 heavy (non-hydrogen) atoms. The molecule has 3 rings (SSSR count). The Morgan fingerprint density at radius 2 is 1.93 bits per heavy atom. The minimum atomic E-state index is -3.60. The Kier molecular flexibility index (Phi) is 5.59. The Labute approximate surface area is 168 Å². The van der Waals surface area contributed by atoms with Crippen LogP contribution in [0, 0.1) is 18.3 Å². The van der Waals surface area contributed by atoms with Crippen LogP contribution >= 0.6 is 0 Å². The highest BCUT2D eigenvalue weighted by Gasteiger charge is 2.26. The van der Waals surface area contributed by atoms with Gasteiger partial charge in [0, 0.05) is 26.5 Å². The summed E-state index contributed by atoms with van der Waals surface area (Å²) in [5.74, 6) is -0.220. The summed E-state index contributed by atoms with van der Waals surface area (Å²) in [6.45, 7) is 1.43. The summed E-state index contributed by atoms with van der Waals surface area (Å²) in [7, 11) is -0.717. The van der Waals surface area contributed by atoms with Gasteiger partial charge in [-0.3, -0.25) is 4.57 Å². The lowest BCUT2D eigenvalue weighted by Gasteiger charge is -2.12. The third-order valence-corrected chi connectivity index (χ3v) is 6.08. The molecule has 0 aliphatic rings. The van der Waals surface area contributed by atoms with Crippen molar-refractivity contribution in [3.63, 3.8) is 0 Å². The Balaban J connectivity index is 1.83. The number of carbonyl (C=O) groups is 1. The monoisotopic (exact) mass is 413 g/mol. The first kappa shape index (κ1) is 20.4. The number of nitriles is 1. The standard InChI is InChI=1S/C20H19N3O5S/c1-14-18(17(12-21)19(28-14)23-9-4-5-10-23)20(24)27-13-15-7-6-8-16(11-15)29(25,26)22(2)3/h4-11H,13H2,1-3H3. The van der Waals surface area contributed by atoms with Crippen LogP contribution in [0.4, 0.5) is 0 Å². The van der Waals surface area contributed by atoms with Crippen molar-refractivity contribution in [2.45, 2.75) is 18.4 Å². The zero-order chi connectivity index (χ0) is 21.2. The third kappa shape index (κ3) is 3.94. The summed E-state index contributed by atoms with van der Waals surface area (Å²) in [4.78, 5) is 12.7. The fourth-order valence-corrected chi connectivity index (χ4v) is 3.73. The van der Waals surface area contributed by atoms with Gasteiger partial charge in [-0.15, -0.1) is 0 Å². The van der Waals surface area contributed by atoms with Gasteiger partial charge in [0.2, 0.25) is 15.9 Å². The van der Waals surface area contributed by atoms with Crippen molar-refractivity contribution in [2.24, 2.45) is 0 Å². The Bertz CT molecular complexity index is 1190. The Hall–Kier alpha value is -3.35. The van der Waals surface area contributed by atoms with E-state index in [-0.39, 0.29) is 34.3 Å². The molecule has 0 radical (unpaired) electrons. The molecule has 0 saturated heterocycles. The number of ether oxygens (including phenoxy) is 1. The van der Waals surface area contributed by atoms with E-state index in [2.05, 4.69) is 0 Å². The van der Waals surface area contributed by atoms with Gasteiger partial charge in [-0.25, -0.2) is 17.5 Å². The highest BCUT2D eigenvalue weighted by molar-refractivity contribution is 7.89. The molecule has 0 saturated carbocycles. The minimum Gasteiger partial charge on any atom is -0.457 e. The molecule has 0 amide bonds. The lowest BCUT2D eigenvalue weighted by Crippen LogP contribution is -2.22. The van der Waals surface area contributed by atoms with Crippen LogP contribution in [0.3, 0.4) is 0 Å². The molecule has 2 heterocycles. The summed E-state index contributed by atoms with van der Waals surface area (Å²) in [6.07, 6.45) is 3.40. The van der Waals surface area contributed by atoms with Crippen LogP contribution in [-0.4, -0.2) is 37.4 Å². The van der Waals surface area contributed by atoms with E-state index in [1.165, 1.54) is 26.2 Å². The van der Waals surface area contributed by atoms with E-state index < -0.39 is 16.0 Å². The van der Waals surface area contributed by atoms with Gasteiger partial charge in [-0.1, -0.05) is 12.1 Å². The predicted molar refractivity (Wildman–Crippen MR) is 104 cm³/mol. The molecule has 0 aliphatic heterocycles. The minimum absolute atomic E-state index is 0.0493. The van der Waals surface area contributed by atoms with Crippen LogP contribution in [0.1, 0.15) is 27.2 Å². The molecule has 2 aromatic heterocycles. The van der Waals surface area contributed by atoms with Gasteiger partial charge in [0.15, 0.2) is 0 Å². The van der Waals surface area contributed by atoms with E-state index in [1.807, 2.05) is 6.07 Å². The van der Waals surface area contributed by atoms with Gasteiger partial charge in [0.1, 0.15) is 29.6 Å². The van der Waals surface area contributed by atoms with E-state index in [9.17, 15) is 18.5 Å². The molecule has 0 fully saturated rings. The number of aromatic nitrogens is 1. The zero-order valence-corrected chi connectivity index (χ0v) is 16.9. The highest BCUT2D eigenvalue weighted by atomic mass is 32.2. The van der Waals surface area contributed by atoms with E-state index in [0.29, 0.717) is 5.56 Å². The van der Waals surface area contributed by atoms with Crippen molar-refractivity contribution < 1.29 is 22.4 Å². The van der Waals surface area contributed by atoms with Crippen molar-refractivity contribution in [1.82, 2.24) is 8.87 Å². The molecule has 8 nitrogen and oxygen atoms in total. The molecule has 0 aliphatic carbocycles. The maximum absolute atomic E-state index is 12.6. The number of sulfonamides is 1. The van der Waals surface area contributed by atoms with E-state index in [0.717, 1.165) is 4.31 Å². The number of nitrogens with zero attached hydrogens (tertiary/aromatic N) is 3. The molecular formula is C20H19N3O5S. The molecule has 0 bridgehead atoms. The SMILES string of the molecule is Cc1oc(-n2cccc2)c(C#N)c1C(=O)OCc1cccc(S(=O)(=O)N(C)C)c1. The number of furan rings is 1. The number of carbonyl (C=O) groups excluding carboxylic acids is 1. The summed E-state index contributed by atoms with van der Waals surface area (Å²) in [5, 5.41) is 9.52. The molecule has 9 heteroatoms. The van der Waals surface area contributed by atoms with Crippen molar-refractivity contribution in [3.8, 4) is 12.0 Å². The molecule has 0 unspecified atom stereocenters. The number of hydrogen-bond acceptors (Lipinski definition) is 6. The second-order valence-corrected chi connectivity index (χ2v) is 8.58. The number of rotatable bonds is 6. The van der Waals surface area contributed by atoms with E-state index >= 15 is 0 Å². The first-order valence-electron chi connectivity index (χ1n) is 8.61. The van der Waals surface area contributed by atoms with Crippen molar-refractivity contribution in [3.05, 3.63) is 71.2 Å². The molecule has 1 aromatic carbocycles. The summed E-state index contributed by atoms with van der Waals surface area (Å²) >= 11 is 0. The summed E-state index contributed by atoms with van der Waals surface area (Å²) in [5.41, 5.74) is 0.632. The quantitative estimate of drug-likeness (QED) is 0.576. The Morgan fingerprint density at radius 3 is 2.55 bits per heavy atom. The van der Waals surface area contributed by atoms with Crippen LogP contribution < -0.4 is 0 Å². The number of esters is 1. The molecule has 0 atom stereocenters. The van der Waals surface area contributed by atoms with Gasteiger partial charge in [0.25, 0.3) is 0 Å². The average molecular weight is 413 g/mol. The third-order valence-electron chi connectivity index (χ3n) is 4.27. The lowest BCUT2D eigenvalue weighted by molar-refractivity contribution is 0.0470. The molecule has 0 N–H and O–H groups in total. The number of benzene rings is 1. The maximum atomic E-state index is 12.6. The van der Waals surface area contributed by atoms with Crippen LogP contribution in [0.15, 0.2) is 58.1 Å². The Morgan fingerprint density at radius 1 is 1.24 bits per heavy atom. The number of aryl methyl sites for hydroxylation is 1. The van der Waals surface area contributed by atoms with Crippen LogP contribution in [-0.2, 0) is 21.4 Å². The number of hydrogen-bond donors (Lipinski definition) is 0. The van der Waals surface area contributed by atoms with Gasteiger partial charge in [-0.2, -0.15) is 5.26 Å². The largest absolute Gasteiger partial charge is 0.457 e. The first-order chi connectivity index (χ1) is 13.8. The average Bonchev–Trinajstić information content (AvgIpc) is 3.33. The van der Waals surface area contributed by atoms with Gasteiger partial charge < -0.3 is 9.15 Å². The van der Waals surface area contributed by atoms with Crippen LogP contribution in [0.5, 0.6) is 0 Å². The lowest BCUT2D eigenvalue weighted by atomic mass is 10.1. The summed E-state index contributed by atoms with van der Waals surface area (Å²) < 4.78 is 38.1. The van der Waals surface area contributed by atoms with Gasteiger partial charge in [0.05, 0.1) is 4.90 Å². The van der Waals surface area contributed by atoms with Crippen molar-refractivity contribution in [1.29, 1.82) is 5.26 Å². The second kappa shape index (κ2) is 7.95. The molecular weight excluding hydrogens is 394 g/mol. The topological polar surface area (TPSA) is 106 Å². The van der Waals surface area contributed by atoms with Crippen molar-refractivity contribution >= 4 is 16.0 Å². The van der Waals surface area contributed by atoms with Gasteiger partial charge in [-0.05, 0) is 36.8 Å². The van der Waals surface area contributed by atoms with E-state index in [1.54, 1.807) is 48.1 Å².